The number of carbonyl (C=O) groups excluding carboxylic acids is 1. The second-order valence-electron chi connectivity index (χ2n) is 7.59. The largest absolute Gasteiger partial charge is 0.486 e. The topological polar surface area (TPSA) is 42.4 Å². The molecule has 1 heterocycles. The van der Waals surface area contributed by atoms with Gasteiger partial charge in [0.1, 0.15) is 17.4 Å². The maximum atomic E-state index is 12.5. The fourth-order valence-electron chi connectivity index (χ4n) is 2.89. The lowest BCUT2D eigenvalue weighted by molar-refractivity contribution is -0.137. The van der Waals surface area contributed by atoms with Crippen molar-refractivity contribution in [2.75, 3.05) is 0 Å². The molecule has 0 saturated heterocycles. The summed E-state index contributed by atoms with van der Waals surface area (Å²) in [4.78, 5) is 19.2. The first-order valence-electron chi connectivity index (χ1n) is 9.78. The fourth-order valence-corrected chi connectivity index (χ4v) is 3.59. The average Bonchev–Trinajstić information content (AvgIpc) is 3.10. The van der Waals surface area contributed by atoms with Gasteiger partial charge in [-0.25, -0.2) is 4.98 Å². The predicted octanol–water partition coefficient (Wildman–Crippen LogP) is 5.63. The molecule has 0 aliphatic heterocycles. The molecule has 0 unspecified atom stereocenters. The molecule has 2 rings (SSSR count). The van der Waals surface area contributed by atoms with E-state index in [1.54, 1.807) is 11.3 Å². The van der Waals surface area contributed by atoms with Crippen molar-refractivity contribution in [1.29, 1.82) is 0 Å². The summed E-state index contributed by atoms with van der Waals surface area (Å²) in [5, 5.41) is 2.97. The Morgan fingerprint density at radius 2 is 1.89 bits per heavy atom. The van der Waals surface area contributed by atoms with Gasteiger partial charge in [-0.3, -0.25) is 4.79 Å². The SMILES string of the molecule is CC[C@H](C)N(Cc1csc(COc2ccccc2C(C)C)n1)C(=O)C(C)C. The van der Waals surface area contributed by atoms with E-state index in [0.29, 0.717) is 19.1 Å². The maximum absolute atomic E-state index is 12.5. The zero-order chi connectivity index (χ0) is 20.0. The molecule has 0 N–H and O–H groups in total. The Labute approximate surface area is 167 Å². The fraction of sp³-hybridized carbons (Fsp3) is 0.545. The van der Waals surface area contributed by atoms with E-state index in [-0.39, 0.29) is 17.9 Å². The number of benzene rings is 1. The second kappa shape index (κ2) is 9.88. The Morgan fingerprint density at radius 1 is 1.19 bits per heavy atom. The van der Waals surface area contributed by atoms with Crippen molar-refractivity contribution in [2.24, 2.45) is 5.92 Å². The van der Waals surface area contributed by atoms with Gasteiger partial charge in [-0.1, -0.05) is 52.8 Å². The van der Waals surface area contributed by atoms with E-state index in [9.17, 15) is 4.79 Å². The maximum Gasteiger partial charge on any atom is 0.225 e. The minimum absolute atomic E-state index is 0.00651. The van der Waals surface area contributed by atoms with Crippen LogP contribution < -0.4 is 4.74 Å². The Hall–Kier alpha value is -1.88. The number of aromatic nitrogens is 1. The zero-order valence-electron chi connectivity index (χ0n) is 17.4. The van der Waals surface area contributed by atoms with Crippen molar-refractivity contribution < 1.29 is 9.53 Å². The number of para-hydroxylation sites is 1. The number of hydrogen-bond donors (Lipinski definition) is 0. The van der Waals surface area contributed by atoms with Gasteiger partial charge >= 0.3 is 0 Å². The van der Waals surface area contributed by atoms with Crippen LogP contribution in [0.4, 0.5) is 0 Å². The van der Waals surface area contributed by atoms with Gasteiger partial charge in [0.05, 0.1) is 12.2 Å². The van der Waals surface area contributed by atoms with E-state index in [1.807, 2.05) is 42.3 Å². The zero-order valence-corrected chi connectivity index (χ0v) is 18.2. The van der Waals surface area contributed by atoms with Crippen LogP contribution in [0.5, 0.6) is 5.75 Å². The molecular weight excluding hydrogens is 356 g/mol. The number of nitrogens with zero attached hydrogens (tertiary/aromatic N) is 2. The minimum Gasteiger partial charge on any atom is -0.486 e. The van der Waals surface area contributed by atoms with Crippen molar-refractivity contribution in [2.45, 2.75) is 73.1 Å². The lowest BCUT2D eigenvalue weighted by atomic mass is 10.0. The highest BCUT2D eigenvalue weighted by atomic mass is 32.1. The van der Waals surface area contributed by atoms with Gasteiger partial charge in [0, 0.05) is 17.3 Å². The smallest absolute Gasteiger partial charge is 0.225 e. The van der Waals surface area contributed by atoms with E-state index < -0.39 is 0 Å². The molecule has 0 aliphatic carbocycles. The van der Waals surface area contributed by atoms with Gasteiger partial charge in [0.15, 0.2) is 0 Å². The van der Waals surface area contributed by atoms with Gasteiger partial charge in [-0.05, 0) is 30.9 Å². The van der Waals surface area contributed by atoms with Crippen molar-refractivity contribution in [3.05, 3.63) is 45.9 Å². The Balaban J connectivity index is 2.04. The Morgan fingerprint density at radius 3 is 2.52 bits per heavy atom. The summed E-state index contributed by atoms with van der Waals surface area (Å²) in [6, 6.07) is 8.36. The molecule has 0 saturated carbocycles. The van der Waals surface area contributed by atoms with Gasteiger partial charge in [-0.15, -0.1) is 11.3 Å². The molecule has 4 nitrogen and oxygen atoms in total. The van der Waals surface area contributed by atoms with E-state index in [2.05, 4.69) is 33.8 Å². The molecule has 0 bridgehead atoms. The third-order valence-electron chi connectivity index (χ3n) is 4.72. The van der Waals surface area contributed by atoms with Gasteiger partial charge in [0.25, 0.3) is 0 Å². The predicted molar refractivity (Wildman–Crippen MR) is 112 cm³/mol. The summed E-state index contributed by atoms with van der Waals surface area (Å²) in [7, 11) is 0. The number of carbonyl (C=O) groups is 1. The molecule has 0 aliphatic rings. The molecule has 1 atom stereocenters. The lowest BCUT2D eigenvalue weighted by Crippen LogP contribution is -2.40. The Bertz CT molecular complexity index is 739. The van der Waals surface area contributed by atoms with E-state index >= 15 is 0 Å². The molecule has 2 aromatic rings. The highest BCUT2D eigenvalue weighted by Gasteiger charge is 2.22. The first kappa shape index (κ1) is 21.4. The first-order chi connectivity index (χ1) is 12.8. The third-order valence-corrected chi connectivity index (χ3v) is 5.59. The van der Waals surface area contributed by atoms with Crippen LogP contribution in [-0.4, -0.2) is 21.8 Å². The van der Waals surface area contributed by atoms with Gasteiger partial charge in [-0.2, -0.15) is 0 Å². The van der Waals surface area contributed by atoms with Crippen LogP contribution in [0.1, 0.15) is 70.1 Å². The Kier molecular flexibility index (Phi) is 7.84. The molecule has 1 amide bonds. The van der Waals surface area contributed by atoms with Crippen molar-refractivity contribution in [3.8, 4) is 5.75 Å². The number of ether oxygens (including phenoxy) is 1. The minimum atomic E-state index is -0.00651. The molecule has 0 fully saturated rings. The molecule has 0 spiro atoms. The molecule has 1 aromatic heterocycles. The van der Waals surface area contributed by atoms with Crippen LogP contribution >= 0.6 is 11.3 Å². The normalized spacial score (nSPS) is 12.4. The third kappa shape index (κ3) is 5.80. The van der Waals surface area contributed by atoms with Crippen molar-refractivity contribution in [1.82, 2.24) is 9.88 Å². The molecular formula is C22H32N2O2S. The lowest BCUT2D eigenvalue weighted by Gasteiger charge is -2.29. The standard InChI is InChI=1S/C22H32N2O2S/c1-7-17(6)24(22(25)16(4)5)12-18-14-27-21(23-18)13-26-20-11-9-8-10-19(20)15(2)3/h8-11,14-17H,7,12-13H2,1-6H3/t17-/m0/s1. The summed E-state index contributed by atoms with van der Waals surface area (Å²) in [5.74, 6) is 1.51. The number of amides is 1. The number of hydrogen-bond acceptors (Lipinski definition) is 4. The molecule has 148 valence electrons. The monoisotopic (exact) mass is 388 g/mol. The summed E-state index contributed by atoms with van der Waals surface area (Å²) in [6.45, 7) is 13.4. The summed E-state index contributed by atoms with van der Waals surface area (Å²) < 4.78 is 6.02. The van der Waals surface area contributed by atoms with Gasteiger partial charge in [0.2, 0.25) is 5.91 Å². The number of rotatable bonds is 9. The molecule has 5 heteroatoms. The molecule has 27 heavy (non-hydrogen) atoms. The summed E-state index contributed by atoms with van der Waals surface area (Å²) in [6.07, 6.45) is 0.935. The highest BCUT2D eigenvalue weighted by Crippen LogP contribution is 2.27. The van der Waals surface area contributed by atoms with Crippen LogP contribution in [0.25, 0.3) is 0 Å². The average molecular weight is 389 g/mol. The summed E-state index contributed by atoms with van der Waals surface area (Å²) in [5.41, 5.74) is 2.14. The van der Waals surface area contributed by atoms with Gasteiger partial charge < -0.3 is 9.64 Å². The summed E-state index contributed by atoms with van der Waals surface area (Å²) >= 11 is 1.59. The van der Waals surface area contributed by atoms with Crippen molar-refractivity contribution in [3.63, 3.8) is 0 Å². The number of thiazole rings is 1. The first-order valence-corrected chi connectivity index (χ1v) is 10.7. The van der Waals surface area contributed by atoms with E-state index in [4.69, 9.17) is 9.72 Å². The van der Waals surface area contributed by atoms with Crippen LogP contribution in [-0.2, 0) is 17.9 Å². The van der Waals surface area contributed by atoms with E-state index in [1.165, 1.54) is 5.56 Å². The molecule has 0 radical (unpaired) electrons. The van der Waals surface area contributed by atoms with Crippen LogP contribution in [0.3, 0.4) is 0 Å². The van der Waals surface area contributed by atoms with Crippen LogP contribution in [0, 0.1) is 5.92 Å². The van der Waals surface area contributed by atoms with Crippen LogP contribution in [0.15, 0.2) is 29.6 Å². The highest BCUT2D eigenvalue weighted by molar-refractivity contribution is 7.09. The quantitative estimate of drug-likeness (QED) is 0.559. The van der Waals surface area contributed by atoms with E-state index in [0.717, 1.165) is 22.9 Å². The van der Waals surface area contributed by atoms with Crippen LogP contribution in [0.2, 0.25) is 0 Å². The second-order valence-corrected chi connectivity index (χ2v) is 8.53. The van der Waals surface area contributed by atoms with Crippen molar-refractivity contribution >= 4 is 17.2 Å². The molecule has 1 aromatic carbocycles.